The van der Waals surface area contributed by atoms with Crippen molar-refractivity contribution in [2.24, 2.45) is 13.0 Å². The molecule has 0 spiro atoms. The van der Waals surface area contributed by atoms with Gasteiger partial charge in [-0.3, -0.25) is 4.68 Å². The van der Waals surface area contributed by atoms with E-state index in [0.717, 1.165) is 25.9 Å². The Labute approximate surface area is 119 Å². The Kier molecular flexibility index (Phi) is 6.94. The molecule has 0 saturated carbocycles. The summed E-state index contributed by atoms with van der Waals surface area (Å²) >= 11 is 3.70. The third kappa shape index (κ3) is 4.09. The highest BCUT2D eigenvalue weighted by atomic mass is 79.9. The van der Waals surface area contributed by atoms with Crippen LogP contribution in [0.4, 0.5) is 0 Å². The lowest BCUT2D eigenvalue weighted by Gasteiger charge is -2.16. The number of aromatic nitrogens is 2. The molecule has 1 N–H and O–H groups in total. The van der Waals surface area contributed by atoms with Gasteiger partial charge in [0.2, 0.25) is 0 Å². The highest BCUT2D eigenvalue weighted by Crippen LogP contribution is 2.24. The maximum Gasteiger partial charge on any atom is 0.0766 e. The SMILES string of the molecule is CCCNCC(CC)Cc1c(Br)c(CC)nn1C. The van der Waals surface area contributed by atoms with Crippen molar-refractivity contribution in [2.45, 2.75) is 46.5 Å². The summed E-state index contributed by atoms with van der Waals surface area (Å²) in [6.07, 6.45) is 4.48. The predicted molar refractivity (Wildman–Crippen MR) is 80.9 cm³/mol. The van der Waals surface area contributed by atoms with Gasteiger partial charge < -0.3 is 5.32 Å². The highest BCUT2D eigenvalue weighted by Gasteiger charge is 2.16. The summed E-state index contributed by atoms with van der Waals surface area (Å²) < 4.78 is 3.24. The van der Waals surface area contributed by atoms with Gasteiger partial charge in [-0.05, 0) is 54.2 Å². The lowest BCUT2D eigenvalue weighted by atomic mass is 10.00. The molecule has 1 aromatic rings. The number of aryl methyl sites for hydroxylation is 2. The van der Waals surface area contributed by atoms with E-state index in [1.165, 1.54) is 28.7 Å². The largest absolute Gasteiger partial charge is 0.316 e. The molecule has 0 radical (unpaired) electrons. The quantitative estimate of drug-likeness (QED) is 0.746. The first-order valence-corrected chi connectivity index (χ1v) is 7.84. The van der Waals surface area contributed by atoms with Crippen LogP contribution in [-0.2, 0) is 19.9 Å². The number of nitrogens with zero attached hydrogens (tertiary/aromatic N) is 2. The standard InChI is InChI=1S/C14H26BrN3/c1-5-8-16-10-11(6-2)9-13-14(15)12(7-3)17-18(13)4/h11,16H,5-10H2,1-4H3. The van der Waals surface area contributed by atoms with Gasteiger partial charge in [-0.25, -0.2) is 0 Å². The molecule has 1 rings (SSSR count). The molecule has 0 aromatic carbocycles. The zero-order chi connectivity index (χ0) is 13.5. The van der Waals surface area contributed by atoms with E-state index in [1.54, 1.807) is 0 Å². The van der Waals surface area contributed by atoms with Crippen LogP contribution in [0.3, 0.4) is 0 Å². The molecule has 3 nitrogen and oxygen atoms in total. The minimum atomic E-state index is 0.688. The van der Waals surface area contributed by atoms with Crippen LogP contribution in [0.1, 0.15) is 45.0 Å². The molecule has 0 aliphatic rings. The summed E-state index contributed by atoms with van der Waals surface area (Å²) in [5, 5.41) is 8.08. The molecule has 0 amide bonds. The second-order valence-electron chi connectivity index (χ2n) is 4.87. The van der Waals surface area contributed by atoms with Gasteiger partial charge in [0.15, 0.2) is 0 Å². The first-order valence-electron chi connectivity index (χ1n) is 7.04. The van der Waals surface area contributed by atoms with E-state index in [2.05, 4.69) is 47.1 Å². The number of hydrogen-bond donors (Lipinski definition) is 1. The Morgan fingerprint density at radius 3 is 2.56 bits per heavy atom. The molecular weight excluding hydrogens is 290 g/mol. The van der Waals surface area contributed by atoms with Crippen molar-refractivity contribution in [1.82, 2.24) is 15.1 Å². The molecule has 18 heavy (non-hydrogen) atoms. The lowest BCUT2D eigenvalue weighted by Crippen LogP contribution is -2.25. The summed E-state index contributed by atoms with van der Waals surface area (Å²) in [5.74, 6) is 0.688. The van der Waals surface area contributed by atoms with Gasteiger partial charge in [0.1, 0.15) is 0 Å². The monoisotopic (exact) mass is 315 g/mol. The van der Waals surface area contributed by atoms with Crippen LogP contribution >= 0.6 is 15.9 Å². The van der Waals surface area contributed by atoms with Gasteiger partial charge >= 0.3 is 0 Å². The van der Waals surface area contributed by atoms with Crippen LogP contribution in [0.15, 0.2) is 4.47 Å². The molecular formula is C14H26BrN3. The summed E-state index contributed by atoms with van der Waals surface area (Å²) in [4.78, 5) is 0. The summed E-state index contributed by atoms with van der Waals surface area (Å²) in [5.41, 5.74) is 2.50. The molecule has 1 aromatic heterocycles. The first-order chi connectivity index (χ1) is 8.63. The fourth-order valence-electron chi connectivity index (χ4n) is 2.16. The van der Waals surface area contributed by atoms with Crippen molar-refractivity contribution < 1.29 is 0 Å². The van der Waals surface area contributed by atoms with E-state index in [4.69, 9.17) is 0 Å². The van der Waals surface area contributed by atoms with E-state index < -0.39 is 0 Å². The van der Waals surface area contributed by atoms with Crippen LogP contribution in [0, 0.1) is 5.92 Å². The van der Waals surface area contributed by atoms with E-state index in [-0.39, 0.29) is 0 Å². The van der Waals surface area contributed by atoms with E-state index in [0.29, 0.717) is 5.92 Å². The molecule has 4 heteroatoms. The Morgan fingerprint density at radius 1 is 1.33 bits per heavy atom. The van der Waals surface area contributed by atoms with Gasteiger partial charge in [-0.2, -0.15) is 5.10 Å². The zero-order valence-corrected chi connectivity index (χ0v) is 13.7. The molecule has 0 saturated heterocycles. The van der Waals surface area contributed by atoms with Crippen LogP contribution < -0.4 is 5.32 Å². The van der Waals surface area contributed by atoms with Gasteiger partial charge in [0.05, 0.1) is 15.9 Å². The normalized spacial score (nSPS) is 12.9. The fraction of sp³-hybridized carbons (Fsp3) is 0.786. The highest BCUT2D eigenvalue weighted by molar-refractivity contribution is 9.10. The minimum absolute atomic E-state index is 0.688. The predicted octanol–water partition coefficient (Wildman–Crippen LogP) is 3.31. The van der Waals surface area contributed by atoms with E-state index >= 15 is 0 Å². The topological polar surface area (TPSA) is 29.9 Å². The van der Waals surface area contributed by atoms with Gasteiger partial charge in [-0.1, -0.05) is 27.2 Å². The molecule has 1 heterocycles. The molecule has 1 unspecified atom stereocenters. The van der Waals surface area contributed by atoms with Crippen molar-refractivity contribution >= 4 is 15.9 Å². The maximum atomic E-state index is 4.56. The minimum Gasteiger partial charge on any atom is -0.316 e. The number of halogens is 1. The van der Waals surface area contributed by atoms with Crippen molar-refractivity contribution in [3.8, 4) is 0 Å². The Bertz CT molecular complexity index is 360. The van der Waals surface area contributed by atoms with E-state index in [1.807, 2.05) is 11.7 Å². The number of rotatable bonds is 8. The van der Waals surface area contributed by atoms with E-state index in [9.17, 15) is 0 Å². The average Bonchev–Trinajstić information content (AvgIpc) is 2.64. The third-order valence-electron chi connectivity index (χ3n) is 3.42. The molecule has 0 bridgehead atoms. The lowest BCUT2D eigenvalue weighted by molar-refractivity contribution is 0.448. The molecule has 0 aliphatic heterocycles. The summed E-state index contributed by atoms with van der Waals surface area (Å²) in [6, 6.07) is 0. The van der Waals surface area contributed by atoms with Crippen molar-refractivity contribution in [3.63, 3.8) is 0 Å². The zero-order valence-electron chi connectivity index (χ0n) is 12.1. The maximum absolute atomic E-state index is 4.56. The second-order valence-corrected chi connectivity index (χ2v) is 5.66. The third-order valence-corrected chi connectivity index (χ3v) is 4.34. The Balaban J connectivity index is 2.66. The second kappa shape index (κ2) is 7.95. The van der Waals surface area contributed by atoms with Crippen molar-refractivity contribution in [1.29, 1.82) is 0 Å². The van der Waals surface area contributed by atoms with Crippen LogP contribution in [0.5, 0.6) is 0 Å². The Morgan fingerprint density at radius 2 is 2.06 bits per heavy atom. The molecule has 0 fully saturated rings. The van der Waals surface area contributed by atoms with Crippen LogP contribution in [0.2, 0.25) is 0 Å². The van der Waals surface area contributed by atoms with Gasteiger partial charge in [0.25, 0.3) is 0 Å². The summed E-state index contributed by atoms with van der Waals surface area (Å²) in [6.45, 7) is 8.84. The van der Waals surface area contributed by atoms with Crippen LogP contribution in [0.25, 0.3) is 0 Å². The van der Waals surface area contributed by atoms with Crippen LogP contribution in [-0.4, -0.2) is 22.9 Å². The molecule has 104 valence electrons. The van der Waals surface area contributed by atoms with Gasteiger partial charge in [0, 0.05) is 7.05 Å². The number of hydrogen-bond acceptors (Lipinski definition) is 2. The first kappa shape index (κ1) is 15.7. The fourth-order valence-corrected chi connectivity index (χ4v) is 2.94. The number of nitrogens with one attached hydrogen (secondary N) is 1. The van der Waals surface area contributed by atoms with Crippen molar-refractivity contribution in [3.05, 3.63) is 15.9 Å². The molecule has 1 atom stereocenters. The van der Waals surface area contributed by atoms with Crippen molar-refractivity contribution in [2.75, 3.05) is 13.1 Å². The smallest absolute Gasteiger partial charge is 0.0766 e. The van der Waals surface area contributed by atoms with Gasteiger partial charge in [-0.15, -0.1) is 0 Å². The Hall–Kier alpha value is -0.350. The summed E-state index contributed by atoms with van der Waals surface area (Å²) in [7, 11) is 2.05. The molecule has 0 aliphatic carbocycles. The average molecular weight is 316 g/mol.